The van der Waals surface area contributed by atoms with Gasteiger partial charge < -0.3 is 14.2 Å². The van der Waals surface area contributed by atoms with Crippen LogP contribution in [0.25, 0.3) is 11.0 Å². The van der Waals surface area contributed by atoms with Crippen LogP contribution in [0.5, 0.6) is 11.5 Å². The Kier molecular flexibility index (Phi) is 5.30. The van der Waals surface area contributed by atoms with Crippen LogP contribution in [0.1, 0.15) is 41.5 Å². The monoisotopic (exact) mass is 369 g/mol. The molecule has 0 fully saturated rings. The zero-order valence-electron chi connectivity index (χ0n) is 16.1. The fourth-order valence-electron chi connectivity index (χ4n) is 2.98. The first-order valence-corrected chi connectivity index (χ1v) is 8.68. The van der Waals surface area contributed by atoms with Crippen molar-refractivity contribution < 1.29 is 19.0 Å². The largest absolute Gasteiger partial charge is 0.493 e. The number of aryl methyl sites for hydroxylation is 1. The van der Waals surface area contributed by atoms with Crippen LogP contribution in [0.2, 0.25) is 0 Å². The standard InChI is InChI=1S/C20H23N3O4/c1-12(2)23-19-16(10-21-23)15(9-13(3)22-19)20(24)27-11-14-7-6-8-17(25-4)18(14)26-5/h6-10,12H,11H2,1-5H3. The van der Waals surface area contributed by atoms with Gasteiger partial charge in [-0.05, 0) is 32.9 Å². The van der Waals surface area contributed by atoms with Crippen LogP contribution in [0.3, 0.4) is 0 Å². The number of fused-ring (bicyclic) bond motifs is 1. The van der Waals surface area contributed by atoms with Gasteiger partial charge in [0, 0.05) is 17.3 Å². The highest BCUT2D eigenvalue weighted by Gasteiger charge is 2.19. The first-order chi connectivity index (χ1) is 13.0. The van der Waals surface area contributed by atoms with Crippen molar-refractivity contribution in [1.82, 2.24) is 14.8 Å². The van der Waals surface area contributed by atoms with E-state index in [1.165, 1.54) is 0 Å². The number of hydrogen-bond donors (Lipinski definition) is 0. The molecule has 2 aromatic heterocycles. The molecule has 7 heteroatoms. The maximum atomic E-state index is 12.8. The van der Waals surface area contributed by atoms with E-state index in [9.17, 15) is 4.79 Å². The molecule has 0 aliphatic rings. The van der Waals surface area contributed by atoms with E-state index in [1.54, 1.807) is 37.2 Å². The molecule has 0 radical (unpaired) electrons. The number of hydrogen-bond acceptors (Lipinski definition) is 6. The molecule has 0 bridgehead atoms. The van der Waals surface area contributed by atoms with Crippen LogP contribution >= 0.6 is 0 Å². The lowest BCUT2D eigenvalue weighted by Gasteiger charge is -2.13. The molecule has 0 aliphatic heterocycles. The second-order valence-electron chi connectivity index (χ2n) is 6.46. The number of methoxy groups -OCH3 is 2. The van der Waals surface area contributed by atoms with E-state index in [-0.39, 0.29) is 12.6 Å². The van der Waals surface area contributed by atoms with Crippen LogP contribution in [-0.2, 0) is 11.3 Å². The minimum absolute atomic E-state index is 0.0698. The lowest BCUT2D eigenvalue weighted by atomic mass is 10.1. The molecular weight excluding hydrogens is 346 g/mol. The molecule has 142 valence electrons. The number of carbonyl (C=O) groups is 1. The Labute approximate surface area is 157 Å². The van der Waals surface area contributed by atoms with Gasteiger partial charge in [-0.25, -0.2) is 14.5 Å². The Bertz CT molecular complexity index is 979. The van der Waals surface area contributed by atoms with E-state index in [0.717, 1.165) is 11.3 Å². The molecule has 0 aliphatic carbocycles. The number of rotatable bonds is 6. The van der Waals surface area contributed by atoms with Gasteiger partial charge in [0.2, 0.25) is 0 Å². The van der Waals surface area contributed by atoms with Crippen LogP contribution in [0.4, 0.5) is 0 Å². The lowest BCUT2D eigenvalue weighted by Crippen LogP contribution is -2.09. The highest BCUT2D eigenvalue weighted by atomic mass is 16.5. The van der Waals surface area contributed by atoms with Gasteiger partial charge in [-0.3, -0.25) is 0 Å². The quantitative estimate of drug-likeness (QED) is 0.617. The van der Waals surface area contributed by atoms with E-state index in [1.807, 2.05) is 32.9 Å². The second-order valence-corrected chi connectivity index (χ2v) is 6.46. The number of carbonyl (C=O) groups excluding carboxylic acids is 1. The number of nitrogens with zero attached hydrogens (tertiary/aromatic N) is 3. The predicted octanol–water partition coefficient (Wildman–Crippen LogP) is 3.69. The third-order valence-corrected chi connectivity index (χ3v) is 4.25. The molecule has 2 heterocycles. The summed E-state index contributed by atoms with van der Waals surface area (Å²) in [4.78, 5) is 17.3. The lowest BCUT2D eigenvalue weighted by molar-refractivity contribution is 0.0472. The van der Waals surface area contributed by atoms with Crippen LogP contribution in [-0.4, -0.2) is 35.0 Å². The number of pyridine rings is 1. The van der Waals surface area contributed by atoms with Crippen molar-refractivity contribution in [2.45, 2.75) is 33.4 Å². The summed E-state index contributed by atoms with van der Waals surface area (Å²) in [6.45, 7) is 5.95. The van der Waals surface area contributed by atoms with Crippen molar-refractivity contribution in [1.29, 1.82) is 0 Å². The summed E-state index contributed by atoms with van der Waals surface area (Å²) < 4.78 is 18.0. The third kappa shape index (κ3) is 3.58. The highest BCUT2D eigenvalue weighted by molar-refractivity contribution is 6.02. The van der Waals surface area contributed by atoms with Gasteiger partial charge in [-0.15, -0.1) is 0 Å². The minimum atomic E-state index is -0.432. The van der Waals surface area contributed by atoms with Gasteiger partial charge in [0.25, 0.3) is 0 Å². The summed E-state index contributed by atoms with van der Waals surface area (Å²) in [5, 5.41) is 5.03. The highest BCUT2D eigenvalue weighted by Crippen LogP contribution is 2.31. The van der Waals surface area contributed by atoms with Crippen LogP contribution < -0.4 is 9.47 Å². The van der Waals surface area contributed by atoms with Crippen molar-refractivity contribution in [3.8, 4) is 11.5 Å². The Hall–Kier alpha value is -3.09. The molecule has 0 unspecified atom stereocenters. The zero-order chi connectivity index (χ0) is 19.6. The Morgan fingerprint density at radius 1 is 1.22 bits per heavy atom. The van der Waals surface area contributed by atoms with Crippen LogP contribution in [0, 0.1) is 6.92 Å². The van der Waals surface area contributed by atoms with E-state index in [2.05, 4.69) is 10.1 Å². The topological polar surface area (TPSA) is 75.5 Å². The Balaban J connectivity index is 1.90. The summed E-state index contributed by atoms with van der Waals surface area (Å²) >= 11 is 0. The zero-order valence-corrected chi connectivity index (χ0v) is 16.1. The first kappa shape index (κ1) is 18.7. The average Bonchev–Trinajstić information content (AvgIpc) is 3.08. The van der Waals surface area contributed by atoms with Gasteiger partial charge in [0.1, 0.15) is 6.61 Å². The molecule has 0 saturated heterocycles. The molecule has 3 aromatic rings. The maximum absolute atomic E-state index is 12.8. The number of benzene rings is 1. The molecule has 0 spiro atoms. The van der Waals surface area contributed by atoms with Gasteiger partial charge in [0.15, 0.2) is 17.1 Å². The van der Waals surface area contributed by atoms with Crippen molar-refractivity contribution in [2.24, 2.45) is 0 Å². The number of ether oxygens (including phenoxy) is 3. The number of esters is 1. The van der Waals surface area contributed by atoms with E-state index < -0.39 is 5.97 Å². The molecule has 27 heavy (non-hydrogen) atoms. The SMILES string of the molecule is COc1cccc(COC(=O)c2cc(C)nc3c2cnn3C(C)C)c1OC. The minimum Gasteiger partial charge on any atom is -0.493 e. The van der Waals surface area contributed by atoms with Gasteiger partial charge in [-0.2, -0.15) is 5.10 Å². The Morgan fingerprint density at radius 2 is 2.00 bits per heavy atom. The normalized spacial score (nSPS) is 11.0. The molecule has 7 nitrogen and oxygen atoms in total. The van der Waals surface area contributed by atoms with Crippen molar-refractivity contribution in [2.75, 3.05) is 14.2 Å². The molecule has 0 amide bonds. The maximum Gasteiger partial charge on any atom is 0.339 e. The van der Waals surface area contributed by atoms with E-state index in [0.29, 0.717) is 28.1 Å². The summed E-state index contributed by atoms with van der Waals surface area (Å²) in [6, 6.07) is 7.31. The average molecular weight is 369 g/mol. The first-order valence-electron chi connectivity index (χ1n) is 8.68. The van der Waals surface area contributed by atoms with Crippen LogP contribution in [0.15, 0.2) is 30.5 Å². The fraction of sp³-hybridized carbons (Fsp3) is 0.350. The smallest absolute Gasteiger partial charge is 0.339 e. The fourth-order valence-corrected chi connectivity index (χ4v) is 2.98. The molecule has 3 rings (SSSR count). The summed E-state index contributed by atoms with van der Waals surface area (Å²) in [5.41, 5.74) is 2.59. The molecule has 0 N–H and O–H groups in total. The number of aromatic nitrogens is 3. The summed E-state index contributed by atoms with van der Waals surface area (Å²) in [6.07, 6.45) is 1.66. The predicted molar refractivity (Wildman–Crippen MR) is 101 cm³/mol. The van der Waals surface area contributed by atoms with E-state index in [4.69, 9.17) is 14.2 Å². The summed E-state index contributed by atoms with van der Waals surface area (Å²) in [7, 11) is 3.12. The molecule has 0 saturated carbocycles. The third-order valence-electron chi connectivity index (χ3n) is 4.25. The van der Waals surface area contributed by atoms with Gasteiger partial charge in [-0.1, -0.05) is 12.1 Å². The van der Waals surface area contributed by atoms with Gasteiger partial charge in [0.05, 0.1) is 31.4 Å². The molecule has 1 aromatic carbocycles. The Morgan fingerprint density at radius 3 is 2.67 bits per heavy atom. The molecule has 0 atom stereocenters. The number of para-hydroxylation sites is 1. The van der Waals surface area contributed by atoms with Crippen molar-refractivity contribution in [3.63, 3.8) is 0 Å². The van der Waals surface area contributed by atoms with Crippen molar-refractivity contribution >= 4 is 17.0 Å². The van der Waals surface area contributed by atoms with Gasteiger partial charge >= 0.3 is 5.97 Å². The second kappa shape index (κ2) is 7.65. The van der Waals surface area contributed by atoms with E-state index >= 15 is 0 Å². The molecular formula is C20H23N3O4. The van der Waals surface area contributed by atoms with Crippen molar-refractivity contribution in [3.05, 3.63) is 47.3 Å². The summed E-state index contributed by atoms with van der Waals surface area (Å²) in [5.74, 6) is 0.710.